The third-order valence-electron chi connectivity index (χ3n) is 2.77. The molecule has 0 saturated carbocycles. The summed E-state index contributed by atoms with van der Waals surface area (Å²) in [6, 6.07) is 4.50. The van der Waals surface area contributed by atoms with Crippen LogP contribution >= 0.6 is 0 Å². The SMILES string of the molecule is CCNS(=O)(=O)c1ccc(N)c(NCc2ncc(C)o2)c1. The van der Waals surface area contributed by atoms with Crippen molar-refractivity contribution in [2.75, 3.05) is 17.6 Å². The number of hydrogen-bond donors (Lipinski definition) is 3. The van der Waals surface area contributed by atoms with Crippen LogP contribution in [0.25, 0.3) is 0 Å². The molecule has 4 N–H and O–H groups in total. The molecule has 2 rings (SSSR count). The topological polar surface area (TPSA) is 110 Å². The van der Waals surface area contributed by atoms with Crippen molar-refractivity contribution in [1.82, 2.24) is 9.71 Å². The number of nitrogen functional groups attached to an aromatic ring is 1. The van der Waals surface area contributed by atoms with E-state index in [2.05, 4.69) is 15.0 Å². The summed E-state index contributed by atoms with van der Waals surface area (Å²) >= 11 is 0. The number of oxazole rings is 1. The van der Waals surface area contributed by atoms with E-state index in [9.17, 15) is 8.42 Å². The van der Waals surface area contributed by atoms with Crippen molar-refractivity contribution in [1.29, 1.82) is 0 Å². The molecule has 0 aliphatic heterocycles. The van der Waals surface area contributed by atoms with Gasteiger partial charge in [0.05, 0.1) is 29.0 Å². The molecule has 114 valence electrons. The fourth-order valence-corrected chi connectivity index (χ4v) is 2.85. The maximum atomic E-state index is 12.0. The van der Waals surface area contributed by atoms with Crippen molar-refractivity contribution in [3.8, 4) is 0 Å². The zero-order chi connectivity index (χ0) is 15.5. The van der Waals surface area contributed by atoms with Crippen LogP contribution in [0.15, 0.2) is 33.7 Å². The molecular weight excluding hydrogens is 292 g/mol. The highest BCUT2D eigenvalue weighted by Crippen LogP contribution is 2.23. The summed E-state index contributed by atoms with van der Waals surface area (Å²) in [4.78, 5) is 4.22. The number of nitrogens with one attached hydrogen (secondary N) is 2. The lowest BCUT2D eigenvalue weighted by molar-refractivity contribution is 0.479. The number of rotatable bonds is 6. The minimum atomic E-state index is -3.51. The Morgan fingerprint density at radius 1 is 1.38 bits per heavy atom. The van der Waals surface area contributed by atoms with Crippen LogP contribution in [0.3, 0.4) is 0 Å². The van der Waals surface area contributed by atoms with Crippen molar-refractivity contribution in [3.63, 3.8) is 0 Å². The highest BCUT2D eigenvalue weighted by atomic mass is 32.2. The summed E-state index contributed by atoms with van der Waals surface area (Å²) in [6.07, 6.45) is 1.62. The van der Waals surface area contributed by atoms with Crippen molar-refractivity contribution >= 4 is 21.4 Å². The van der Waals surface area contributed by atoms with E-state index in [4.69, 9.17) is 10.2 Å². The van der Waals surface area contributed by atoms with E-state index in [1.54, 1.807) is 26.1 Å². The lowest BCUT2D eigenvalue weighted by Gasteiger charge is -2.10. The van der Waals surface area contributed by atoms with Crippen LogP contribution in [-0.2, 0) is 16.6 Å². The van der Waals surface area contributed by atoms with E-state index in [1.165, 1.54) is 12.1 Å². The summed E-state index contributed by atoms with van der Waals surface area (Å²) in [5.41, 5.74) is 6.82. The van der Waals surface area contributed by atoms with Gasteiger partial charge in [0, 0.05) is 6.54 Å². The second kappa shape index (κ2) is 6.15. The van der Waals surface area contributed by atoms with Crippen LogP contribution in [0, 0.1) is 6.92 Å². The highest BCUT2D eigenvalue weighted by Gasteiger charge is 2.14. The molecule has 0 amide bonds. The van der Waals surface area contributed by atoms with E-state index in [1.807, 2.05) is 0 Å². The summed E-state index contributed by atoms with van der Waals surface area (Å²) in [5.74, 6) is 1.22. The Hall–Kier alpha value is -2.06. The van der Waals surface area contributed by atoms with Crippen LogP contribution < -0.4 is 15.8 Å². The first-order chi connectivity index (χ1) is 9.92. The number of anilines is 2. The summed E-state index contributed by atoms with van der Waals surface area (Å²) in [5, 5.41) is 3.02. The lowest BCUT2D eigenvalue weighted by Crippen LogP contribution is -2.23. The van der Waals surface area contributed by atoms with Crippen LogP contribution in [-0.4, -0.2) is 19.9 Å². The van der Waals surface area contributed by atoms with Gasteiger partial charge < -0.3 is 15.5 Å². The molecule has 0 bridgehead atoms. The average molecular weight is 310 g/mol. The Kier molecular flexibility index (Phi) is 4.49. The Morgan fingerprint density at radius 2 is 2.14 bits per heavy atom. The van der Waals surface area contributed by atoms with E-state index < -0.39 is 10.0 Å². The number of hydrogen-bond acceptors (Lipinski definition) is 6. The van der Waals surface area contributed by atoms with E-state index in [0.717, 1.165) is 0 Å². The summed E-state index contributed by atoms with van der Waals surface area (Å²) in [7, 11) is -3.51. The van der Waals surface area contributed by atoms with Crippen LogP contribution in [0.1, 0.15) is 18.6 Å². The molecule has 1 aromatic carbocycles. The first-order valence-corrected chi connectivity index (χ1v) is 7.95. The molecule has 0 saturated heterocycles. The quantitative estimate of drug-likeness (QED) is 0.697. The number of aromatic nitrogens is 1. The molecule has 0 unspecified atom stereocenters. The molecule has 0 aliphatic carbocycles. The minimum Gasteiger partial charge on any atom is -0.444 e. The normalized spacial score (nSPS) is 11.5. The van der Waals surface area contributed by atoms with Gasteiger partial charge in [-0.2, -0.15) is 0 Å². The van der Waals surface area contributed by atoms with Gasteiger partial charge >= 0.3 is 0 Å². The lowest BCUT2D eigenvalue weighted by atomic mass is 10.2. The number of benzene rings is 1. The predicted molar refractivity (Wildman–Crippen MR) is 80.3 cm³/mol. The van der Waals surface area contributed by atoms with Crippen molar-refractivity contribution < 1.29 is 12.8 Å². The second-order valence-electron chi connectivity index (χ2n) is 4.47. The van der Waals surface area contributed by atoms with Gasteiger partial charge in [0.1, 0.15) is 5.76 Å². The number of aryl methyl sites for hydroxylation is 1. The molecule has 0 fully saturated rings. The molecule has 7 nitrogen and oxygen atoms in total. The van der Waals surface area contributed by atoms with Crippen molar-refractivity contribution in [2.45, 2.75) is 25.3 Å². The Balaban J connectivity index is 2.19. The average Bonchev–Trinajstić information content (AvgIpc) is 2.83. The molecule has 2 aromatic rings. The third-order valence-corrected chi connectivity index (χ3v) is 4.31. The largest absolute Gasteiger partial charge is 0.444 e. The third kappa shape index (κ3) is 3.73. The van der Waals surface area contributed by atoms with Gasteiger partial charge in [-0.05, 0) is 25.1 Å². The Bertz CT molecular complexity index is 725. The van der Waals surface area contributed by atoms with E-state index >= 15 is 0 Å². The van der Waals surface area contributed by atoms with Gasteiger partial charge in [-0.25, -0.2) is 18.1 Å². The molecule has 21 heavy (non-hydrogen) atoms. The van der Waals surface area contributed by atoms with Gasteiger partial charge in [0.2, 0.25) is 15.9 Å². The standard InChI is InChI=1S/C13H18N4O3S/c1-3-17-21(18,19)10-4-5-11(14)12(6-10)15-8-13-16-7-9(2)20-13/h4-7,15,17H,3,8,14H2,1-2H3. The first-order valence-electron chi connectivity index (χ1n) is 6.46. The molecule has 0 radical (unpaired) electrons. The molecule has 0 atom stereocenters. The number of nitrogens with two attached hydrogens (primary N) is 1. The van der Waals surface area contributed by atoms with Gasteiger partial charge in [0.15, 0.2) is 0 Å². The zero-order valence-corrected chi connectivity index (χ0v) is 12.7. The minimum absolute atomic E-state index is 0.157. The van der Waals surface area contributed by atoms with Crippen LogP contribution in [0.4, 0.5) is 11.4 Å². The smallest absolute Gasteiger partial charge is 0.240 e. The Morgan fingerprint density at radius 3 is 2.76 bits per heavy atom. The van der Waals surface area contributed by atoms with Crippen LogP contribution in [0.5, 0.6) is 0 Å². The summed E-state index contributed by atoms with van der Waals surface area (Å²) in [6.45, 7) is 4.17. The summed E-state index contributed by atoms with van der Waals surface area (Å²) < 4.78 is 31.7. The maximum absolute atomic E-state index is 12.0. The van der Waals surface area contributed by atoms with Gasteiger partial charge in [-0.1, -0.05) is 6.92 Å². The van der Waals surface area contributed by atoms with E-state index in [0.29, 0.717) is 36.1 Å². The number of nitrogens with zero attached hydrogens (tertiary/aromatic N) is 1. The van der Waals surface area contributed by atoms with Gasteiger partial charge in [-0.3, -0.25) is 0 Å². The fraction of sp³-hybridized carbons (Fsp3) is 0.308. The monoisotopic (exact) mass is 310 g/mol. The fourth-order valence-electron chi connectivity index (χ4n) is 1.78. The van der Waals surface area contributed by atoms with E-state index in [-0.39, 0.29) is 4.90 Å². The second-order valence-corrected chi connectivity index (χ2v) is 6.24. The molecule has 8 heteroatoms. The van der Waals surface area contributed by atoms with Crippen molar-refractivity contribution in [3.05, 3.63) is 36.0 Å². The zero-order valence-electron chi connectivity index (χ0n) is 11.9. The van der Waals surface area contributed by atoms with Crippen molar-refractivity contribution in [2.24, 2.45) is 0 Å². The highest BCUT2D eigenvalue weighted by molar-refractivity contribution is 7.89. The first kappa shape index (κ1) is 15.3. The maximum Gasteiger partial charge on any atom is 0.240 e. The van der Waals surface area contributed by atoms with Gasteiger partial charge in [0.25, 0.3) is 0 Å². The van der Waals surface area contributed by atoms with Crippen LogP contribution in [0.2, 0.25) is 0 Å². The molecular formula is C13H18N4O3S. The molecule has 0 spiro atoms. The Labute approximate surface area is 123 Å². The molecule has 0 aliphatic rings. The predicted octanol–water partition coefficient (Wildman–Crippen LogP) is 1.48. The number of sulfonamides is 1. The molecule has 1 heterocycles. The molecule has 1 aromatic heterocycles. The van der Waals surface area contributed by atoms with Gasteiger partial charge in [-0.15, -0.1) is 0 Å².